The lowest BCUT2D eigenvalue weighted by Gasteiger charge is -2.57. The molecule has 0 radical (unpaired) electrons. The van der Waals surface area contributed by atoms with Crippen LogP contribution in [0.3, 0.4) is 0 Å². The topological polar surface area (TPSA) is 177 Å². The van der Waals surface area contributed by atoms with Crippen LogP contribution in [0.15, 0.2) is 29.3 Å². The molecular formula is C25H36N6O5. The highest BCUT2D eigenvalue weighted by Gasteiger charge is 2.52. The number of nitrogens with two attached hydrogens (primary N) is 2. The molecule has 196 valence electrons. The maximum absolute atomic E-state index is 13.8. The molecule has 0 unspecified atom stereocenters. The zero-order valence-corrected chi connectivity index (χ0v) is 20.5. The van der Waals surface area contributed by atoms with Crippen molar-refractivity contribution in [2.24, 2.45) is 39.6 Å². The van der Waals surface area contributed by atoms with E-state index in [0.717, 1.165) is 24.8 Å². The summed E-state index contributed by atoms with van der Waals surface area (Å²) in [6.07, 6.45) is 8.12. The average molecular weight is 501 g/mol. The fraction of sp³-hybridized carbons (Fsp3) is 0.640. The molecule has 0 aromatic heterocycles. The number of phenolic OH excluding ortho intramolecular Hbond substituents is 1. The Kier molecular flexibility index (Phi) is 7.65. The number of nitrogens with one attached hydrogen (secondary N) is 1. The second-order valence-corrected chi connectivity index (χ2v) is 11.0. The molecular weight excluding hydrogens is 464 g/mol. The number of aliphatic imine (C=N–C) groups is 1. The Balaban J connectivity index is 1.49. The lowest BCUT2D eigenvalue weighted by atomic mass is 9.49. The molecule has 36 heavy (non-hydrogen) atoms. The van der Waals surface area contributed by atoms with Gasteiger partial charge in [0, 0.05) is 19.5 Å². The molecule has 0 spiro atoms. The van der Waals surface area contributed by atoms with E-state index in [1.807, 2.05) is 0 Å². The van der Waals surface area contributed by atoms with Crippen LogP contribution in [0.1, 0.15) is 63.4 Å². The summed E-state index contributed by atoms with van der Waals surface area (Å²) in [6.45, 7) is 0.347. The van der Waals surface area contributed by atoms with Crippen molar-refractivity contribution in [2.45, 2.75) is 70.4 Å². The Morgan fingerprint density at radius 2 is 1.72 bits per heavy atom. The van der Waals surface area contributed by atoms with Crippen LogP contribution in [0, 0.1) is 33.3 Å². The van der Waals surface area contributed by atoms with Crippen LogP contribution in [-0.4, -0.2) is 45.4 Å². The van der Waals surface area contributed by atoms with Crippen LogP contribution in [0.25, 0.3) is 0 Å². The molecule has 5 rings (SSSR count). The molecule has 4 aliphatic carbocycles. The van der Waals surface area contributed by atoms with Crippen molar-refractivity contribution in [3.05, 3.63) is 39.9 Å². The van der Waals surface area contributed by atoms with Gasteiger partial charge in [-0.1, -0.05) is 17.6 Å². The van der Waals surface area contributed by atoms with Crippen LogP contribution in [0.5, 0.6) is 5.75 Å². The first-order chi connectivity index (χ1) is 17.1. The van der Waals surface area contributed by atoms with Crippen LogP contribution in [0.2, 0.25) is 0 Å². The summed E-state index contributed by atoms with van der Waals surface area (Å²) >= 11 is 0. The normalized spacial score (nSPS) is 27.4. The molecule has 4 saturated carbocycles. The van der Waals surface area contributed by atoms with Gasteiger partial charge in [-0.3, -0.25) is 9.59 Å². The number of hydrazine groups is 1. The number of primary amides is 1. The van der Waals surface area contributed by atoms with E-state index in [0.29, 0.717) is 30.6 Å². The minimum atomic E-state index is -0.847. The summed E-state index contributed by atoms with van der Waals surface area (Å²) in [5.74, 6) is 1.23. The van der Waals surface area contributed by atoms with E-state index < -0.39 is 17.0 Å². The Hall–Kier alpha value is -3.37. The zero-order valence-electron chi connectivity index (χ0n) is 20.5. The molecule has 1 aromatic rings. The SMILES string of the molecule is NC(=O)[C@@H](CCCN=C(N)N[N+](=O)[O-])N(Cc1ccc(O)cc1)C(=O)CC12CC3CC(CC(C3)C1)C2. The molecule has 0 aliphatic heterocycles. The van der Waals surface area contributed by atoms with E-state index in [1.54, 1.807) is 34.6 Å². The third kappa shape index (κ3) is 6.24. The average Bonchev–Trinajstić information content (AvgIpc) is 2.77. The first kappa shape index (κ1) is 25.7. The fourth-order valence-electron chi connectivity index (χ4n) is 7.16. The Morgan fingerprint density at radius 3 is 2.25 bits per heavy atom. The third-order valence-electron chi connectivity index (χ3n) is 8.13. The van der Waals surface area contributed by atoms with Gasteiger partial charge in [0.05, 0.1) is 0 Å². The smallest absolute Gasteiger partial charge is 0.251 e. The van der Waals surface area contributed by atoms with Crippen molar-refractivity contribution < 1.29 is 19.7 Å². The number of guanidine groups is 1. The fourth-order valence-corrected chi connectivity index (χ4v) is 7.16. The van der Waals surface area contributed by atoms with Gasteiger partial charge in [-0.2, -0.15) is 0 Å². The van der Waals surface area contributed by atoms with Gasteiger partial charge in [-0.15, -0.1) is 0 Å². The van der Waals surface area contributed by atoms with Crippen LogP contribution in [-0.2, 0) is 16.1 Å². The van der Waals surface area contributed by atoms with Crippen molar-refractivity contribution in [1.29, 1.82) is 0 Å². The number of carbonyl (C=O) groups excluding carboxylic acids is 2. The lowest BCUT2D eigenvalue weighted by Crippen LogP contribution is -2.52. The highest BCUT2D eigenvalue weighted by Crippen LogP contribution is 2.61. The van der Waals surface area contributed by atoms with Crippen molar-refractivity contribution in [2.75, 3.05) is 6.54 Å². The highest BCUT2D eigenvalue weighted by atomic mass is 16.7. The molecule has 4 aliphatic rings. The summed E-state index contributed by atoms with van der Waals surface area (Å²) in [7, 11) is 0. The summed E-state index contributed by atoms with van der Waals surface area (Å²) < 4.78 is 0. The third-order valence-corrected chi connectivity index (χ3v) is 8.13. The number of aromatic hydroxyl groups is 1. The van der Waals surface area contributed by atoms with Crippen molar-refractivity contribution in [1.82, 2.24) is 10.3 Å². The van der Waals surface area contributed by atoms with Gasteiger partial charge in [-0.25, -0.2) is 15.1 Å². The number of carbonyl (C=O) groups is 2. The second-order valence-electron chi connectivity index (χ2n) is 11.0. The maximum Gasteiger partial charge on any atom is 0.251 e. The van der Waals surface area contributed by atoms with Crippen molar-refractivity contribution in [3.63, 3.8) is 0 Å². The Bertz CT molecular complexity index is 975. The summed E-state index contributed by atoms with van der Waals surface area (Å²) in [5.41, 5.74) is 13.8. The minimum absolute atomic E-state index is 0.00812. The molecule has 4 bridgehead atoms. The van der Waals surface area contributed by atoms with Gasteiger partial charge in [0.2, 0.25) is 11.8 Å². The number of hydrogen-bond acceptors (Lipinski definition) is 6. The number of benzene rings is 1. The number of hydrogen-bond donors (Lipinski definition) is 4. The number of nitro groups is 1. The number of nitrogens with zero attached hydrogens (tertiary/aromatic N) is 3. The summed E-state index contributed by atoms with van der Waals surface area (Å²) in [6, 6.07) is 5.71. The van der Waals surface area contributed by atoms with Crippen LogP contribution in [0.4, 0.5) is 0 Å². The molecule has 0 saturated heterocycles. The van der Waals surface area contributed by atoms with Gasteiger partial charge in [0.1, 0.15) is 11.8 Å². The monoisotopic (exact) mass is 500 g/mol. The van der Waals surface area contributed by atoms with Gasteiger partial charge >= 0.3 is 0 Å². The molecule has 6 N–H and O–H groups in total. The summed E-state index contributed by atoms with van der Waals surface area (Å²) in [4.78, 5) is 42.3. The van der Waals surface area contributed by atoms with Crippen molar-refractivity contribution in [3.8, 4) is 5.75 Å². The molecule has 4 fully saturated rings. The molecule has 1 aromatic carbocycles. The van der Waals surface area contributed by atoms with Gasteiger partial charge in [0.25, 0.3) is 5.96 Å². The van der Waals surface area contributed by atoms with E-state index in [9.17, 15) is 24.8 Å². The number of phenols is 1. The van der Waals surface area contributed by atoms with Crippen LogP contribution < -0.4 is 16.9 Å². The molecule has 2 amide bonds. The zero-order chi connectivity index (χ0) is 25.9. The first-order valence-corrected chi connectivity index (χ1v) is 12.7. The summed E-state index contributed by atoms with van der Waals surface area (Å²) in [5, 5.41) is 19.3. The molecule has 11 nitrogen and oxygen atoms in total. The van der Waals surface area contributed by atoms with Crippen LogP contribution >= 0.6 is 0 Å². The molecule has 11 heteroatoms. The minimum Gasteiger partial charge on any atom is -0.508 e. The predicted molar refractivity (Wildman–Crippen MR) is 133 cm³/mol. The van der Waals surface area contributed by atoms with E-state index in [1.165, 1.54) is 19.3 Å². The first-order valence-electron chi connectivity index (χ1n) is 12.7. The van der Waals surface area contributed by atoms with E-state index in [4.69, 9.17) is 11.5 Å². The predicted octanol–water partition coefficient (Wildman–Crippen LogP) is 2.06. The van der Waals surface area contributed by atoms with Gasteiger partial charge in [-0.05, 0) is 92.2 Å². The highest BCUT2D eigenvalue weighted by molar-refractivity contribution is 5.87. The van der Waals surface area contributed by atoms with Gasteiger partial charge in [0.15, 0.2) is 5.03 Å². The maximum atomic E-state index is 13.8. The quantitative estimate of drug-likeness (QED) is 0.118. The molecule has 0 heterocycles. The standard InChI is InChI=1S/C25H36N6O5/c26-23(34)21(2-1-7-28-24(27)29-31(35)36)30(15-16-3-5-20(32)6-4-16)22(33)14-25-11-17-8-18(12-25)10-19(9-17)13-25/h3-6,17-19,21,32H,1-2,7-15H2,(H2,26,34)(H3,27,28,29)/t17?,18?,19?,21-,25?/m1/s1. The lowest BCUT2D eigenvalue weighted by molar-refractivity contribution is -0.525. The molecule has 1 atom stereocenters. The van der Waals surface area contributed by atoms with Crippen molar-refractivity contribution >= 4 is 17.8 Å². The number of rotatable bonds is 11. The largest absolute Gasteiger partial charge is 0.508 e. The van der Waals surface area contributed by atoms with E-state index in [2.05, 4.69) is 4.99 Å². The van der Waals surface area contributed by atoms with Gasteiger partial charge < -0.3 is 21.5 Å². The second kappa shape index (κ2) is 10.7. The Labute approximate surface area is 210 Å². The van der Waals surface area contributed by atoms with E-state index in [-0.39, 0.29) is 42.5 Å². The number of amides is 2. The van der Waals surface area contributed by atoms with E-state index >= 15 is 0 Å². The Morgan fingerprint density at radius 1 is 1.14 bits per heavy atom.